The van der Waals surface area contributed by atoms with Crippen LogP contribution in [0.1, 0.15) is 56.0 Å². The van der Waals surface area contributed by atoms with Crippen molar-refractivity contribution in [3.05, 3.63) is 35.4 Å². The second-order valence-electron chi connectivity index (χ2n) is 6.70. The van der Waals surface area contributed by atoms with Crippen LogP contribution in [0.15, 0.2) is 24.3 Å². The standard InChI is InChI=1S/C18H28N2O2.ClH/c1-13(2)11-18(4,12-19)20-17(22)10-9-16(21)15-7-5-14(3)6-8-15;/h5-8,13H,9-12,19H2,1-4H3,(H,20,22);1H. The number of Topliss-reactive ketones (excluding diaryl/α,β-unsaturated/α-hetero) is 1. The predicted molar refractivity (Wildman–Crippen MR) is 97.0 cm³/mol. The topological polar surface area (TPSA) is 72.2 Å². The van der Waals surface area contributed by atoms with Crippen molar-refractivity contribution in [1.82, 2.24) is 5.32 Å². The number of halogens is 1. The molecule has 0 aliphatic heterocycles. The van der Waals surface area contributed by atoms with Crippen molar-refractivity contribution >= 4 is 24.1 Å². The van der Waals surface area contributed by atoms with Crippen LogP contribution in [0.2, 0.25) is 0 Å². The average Bonchev–Trinajstić information content (AvgIpc) is 2.44. The molecule has 0 saturated carbocycles. The molecular formula is C18H29ClN2O2. The van der Waals surface area contributed by atoms with Gasteiger partial charge in [-0.15, -0.1) is 12.4 Å². The van der Waals surface area contributed by atoms with Crippen molar-refractivity contribution in [2.75, 3.05) is 6.54 Å². The van der Waals surface area contributed by atoms with Gasteiger partial charge in [0.2, 0.25) is 5.91 Å². The lowest BCUT2D eigenvalue weighted by molar-refractivity contribution is -0.122. The summed E-state index contributed by atoms with van der Waals surface area (Å²) in [4.78, 5) is 24.1. The van der Waals surface area contributed by atoms with E-state index in [1.54, 1.807) is 12.1 Å². The van der Waals surface area contributed by atoms with Crippen molar-refractivity contribution in [2.24, 2.45) is 11.7 Å². The molecule has 130 valence electrons. The number of amides is 1. The Morgan fingerprint density at radius 1 is 1.17 bits per heavy atom. The number of rotatable bonds is 8. The van der Waals surface area contributed by atoms with Crippen molar-refractivity contribution in [3.8, 4) is 0 Å². The van der Waals surface area contributed by atoms with Crippen molar-refractivity contribution in [3.63, 3.8) is 0 Å². The average molecular weight is 341 g/mol. The van der Waals surface area contributed by atoms with Gasteiger partial charge in [-0.05, 0) is 26.2 Å². The molecule has 4 nitrogen and oxygen atoms in total. The molecule has 0 aliphatic carbocycles. The van der Waals surface area contributed by atoms with E-state index in [-0.39, 0.29) is 36.9 Å². The SMILES string of the molecule is Cc1ccc(C(=O)CCC(=O)NC(C)(CN)CC(C)C)cc1.Cl. The highest BCUT2D eigenvalue weighted by molar-refractivity contribution is 5.98. The van der Waals surface area contributed by atoms with Crippen molar-refractivity contribution < 1.29 is 9.59 Å². The molecular weight excluding hydrogens is 312 g/mol. The number of hydrogen-bond donors (Lipinski definition) is 2. The first-order chi connectivity index (χ1) is 10.3. The normalized spacial score (nSPS) is 13.1. The number of ketones is 1. The Bertz CT molecular complexity index is 514. The van der Waals surface area contributed by atoms with Crippen LogP contribution in [0.4, 0.5) is 0 Å². The maximum atomic E-state index is 12.1. The summed E-state index contributed by atoms with van der Waals surface area (Å²) in [5.74, 6) is 0.325. The first kappa shape index (κ1) is 21.6. The lowest BCUT2D eigenvalue weighted by Gasteiger charge is -2.31. The third-order valence-electron chi connectivity index (χ3n) is 3.70. The fourth-order valence-corrected chi connectivity index (χ4v) is 2.60. The summed E-state index contributed by atoms with van der Waals surface area (Å²) >= 11 is 0. The molecule has 1 aromatic rings. The number of carbonyl (C=O) groups excluding carboxylic acids is 2. The van der Waals surface area contributed by atoms with Crippen LogP contribution in [-0.2, 0) is 4.79 Å². The summed E-state index contributed by atoms with van der Waals surface area (Å²) in [6.45, 7) is 8.52. The molecule has 1 aromatic carbocycles. The van der Waals surface area contributed by atoms with Crippen molar-refractivity contribution in [1.29, 1.82) is 0 Å². The lowest BCUT2D eigenvalue weighted by Crippen LogP contribution is -2.52. The Hall–Kier alpha value is -1.39. The van der Waals surface area contributed by atoms with Gasteiger partial charge in [-0.1, -0.05) is 43.7 Å². The van der Waals surface area contributed by atoms with Gasteiger partial charge in [0.1, 0.15) is 0 Å². The number of hydrogen-bond acceptors (Lipinski definition) is 3. The minimum absolute atomic E-state index is 0. The molecule has 0 radical (unpaired) electrons. The zero-order valence-electron chi connectivity index (χ0n) is 14.5. The van der Waals surface area contributed by atoms with Gasteiger partial charge in [0.15, 0.2) is 5.78 Å². The Morgan fingerprint density at radius 3 is 2.22 bits per heavy atom. The van der Waals surface area contributed by atoms with Gasteiger partial charge in [-0.2, -0.15) is 0 Å². The Morgan fingerprint density at radius 2 is 1.74 bits per heavy atom. The summed E-state index contributed by atoms with van der Waals surface area (Å²) in [5.41, 5.74) is 7.15. The number of carbonyl (C=O) groups is 2. The summed E-state index contributed by atoms with van der Waals surface area (Å²) in [6, 6.07) is 7.42. The zero-order chi connectivity index (χ0) is 16.8. The first-order valence-corrected chi connectivity index (χ1v) is 7.87. The van der Waals surface area contributed by atoms with Crippen LogP contribution < -0.4 is 11.1 Å². The molecule has 1 rings (SSSR count). The quantitative estimate of drug-likeness (QED) is 0.713. The Balaban J connectivity index is 0.00000484. The largest absolute Gasteiger partial charge is 0.350 e. The number of nitrogens with one attached hydrogen (secondary N) is 1. The van der Waals surface area contributed by atoms with Gasteiger partial charge < -0.3 is 11.1 Å². The van der Waals surface area contributed by atoms with E-state index in [2.05, 4.69) is 19.2 Å². The summed E-state index contributed by atoms with van der Waals surface area (Å²) < 4.78 is 0. The highest BCUT2D eigenvalue weighted by Gasteiger charge is 2.25. The molecule has 23 heavy (non-hydrogen) atoms. The number of aryl methyl sites for hydroxylation is 1. The maximum absolute atomic E-state index is 12.1. The maximum Gasteiger partial charge on any atom is 0.220 e. The van der Waals surface area contributed by atoms with Crippen LogP contribution in [0.3, 0.4) is 0 Å². The monoisotopic (exact) mass is 340 g/mol. The Kier molecular flexibility index (Phi) is 9.10. The second kappa shape index (κ2) is 9.68. The van der Waals surface area contributed by atoms with E-state index in [9.17, 15) is 9.59 Å². The van der Waals surface area contributed by atoms with Gasteiger partial charge >= 0.3 is 0 Å². The minimum Gasteiger partial charge on any atom is -0.350 e. The summed E-state index contributed by atoms with van der Waals surface area (Å²) in [5, 5.41) is 2.97. The van der Waals surface area contributed by atoms with Crippen molar-refractivity contribution in [2.45, 2.75) is 52.5 Å². The molecule has 0 aliphatic rings. The number of benzene rings is 1. The molecule has 0 aromatic heterocycles. The van der Waals surface area contributed by atoms with E-state index in [1.807, 2.05) is 26.0 Å². The fourth-order valence-electron chi connectivity index (χ4n) is 2.60. The third-order valence-corrected chi connectivity index (χ3v) is 3.70. The third kappa shape index (κ3) is 7.62. The molecule has 0 fully saturated rings. The van der Waals surface area contributed by atoms with E-state index < -0.39 is 5.54 Å². The molecule has 0 bridgehead atoms. The lowest BCUT2D eigenvalue weighted by atomic mass is 9.90. The van der Waals surface area contributed by atoms with Crippen LogP contribution in [0, 0.1) is 12.8 Å². The summed E-state index contributed by atoms with van der Waals surface area (Å²) in [7, 11) is 0. The first-order valence-electron chi connectivity index (χ1n) is 7.87. The second-order valence-corrected chi connectivity index (χ2v) is 6.70. The van der Waals surface area contributed by atoms with E-state index in [0.29, 0.717) is 18.0 Å². The molecule has 1 atom stereocenters. The minimum atomic E-state index is -0.405. The molecule has 0 spiro atoms. The summed E-state index contributed by atoms with van der Waals surface area (Å²) in [6.07, 6.45) is 1.23. The Labute approximate surface area is 145 Å². The van der Waals surface area contributed by atoms with Crippen LogP contribution in [0.25, 0.3) is 0 Å². The predicted octanol–water partition coefficient (Wildman–Crippen LogP) is 3.26. The van der Waals surface area contributed by atoms with Gasteiger partial charge in [0.05, 0.1) is 0 Å². The van der Waals surface area contributed by atoms with E-state index in [0.717, 1.165) is 12.0 Å². The van der Waals surface area contributed by atoms with Crippen LogP contribution in [-0.4, -0.2) is 23.8 Å². The van der Waals surface area contributed by atoms with E-state index in [4.69, 9.17) is 5.73 Å². The smallest absolute Gasteiger partial charge is 0.220 e. The molecule has 3 N–H and O–H groups in total. The molecule has 1 unspecified atom stereocenters. The van der Waals surface area contributed by atoms with E-state index in [1.165, 1.54) is 0 Å². The van der Waals surface area contributed by atoms with Gasteiger partial charge in [-0.25, -0.2) is 0 Å². The fraction of sp³-hybridized carbons (Fsp3) is 0.556. The van der Waals surface area contributed by atoms with Gasteiger partial charge in [0, 0.05) is 30.5 Å². The van der Waals surface area contributed by atoms with Gasteiger partial charge in [0.25, 0.3) is 0 Å². The van der Waals surface area contributed by atoms with Crippen LogP contribution in [0.5, 0.6) is 0 Å². The van der Waals surface area contributed by atoms with Gasteiger partial charge in [-0.3, -0.25) is 9.59 Å². The number of nitrogens with two attached hydrogens (primary N) is 1. The van der Waals surface area contributed by atoms with Crippen LogP contribution >= 0.6 is 12.4 Å². The molecule has 0 heterocycles. The zero-order valence-corrected chi connectivity index (χ0v) is 15.3. The molecule has 1 amide bonds. The molecule has 5 heteroatoms. The van der Waals surface area contributed by atoms with E-state index >= 15 is 0 Å². The highest BCUT2D eigenvalue weighted by atomic mass is 35.5. The molecule has 0 saturated heterocycles. The highest BCUT2D eigenvalue weighted by Crippen LogP contribution is 2.16.